The summed E-state index contributed by atoms with van der Waals surface area (Å²) in [6, 6.07) is 11.3. The highest BCUT2D eigenvalue weighted by molar-refractivity contribution is 6.33. The Morgan fingerprint density at radius 2 is 2.11 bits per heavy atom. The van der Waals surface area contributed by atoms with Gasteiger partial charge in [-0.25, -0.2) is 4.79 Å². The second kappa shape index (κ2) is 8.79. The molecular formula is C19H21ClN4O4. The van der Waals surface area contributed by atoms with Crippen molar-refractivity contribution in [1.29, 1.82) is 0 Å². The number of carbonyl (C=O) groups is 1. The zero-order chi connectivity index (χ0) is 20.1. The number of rotatable bonds is 5. The van der Waals surface area contributed by atoms with Crippen molar-refractivity contribution >= 4 is 34.7 Å². The first kappa shape index (κ1) is 19.8. The molecule has 2 aromatic rings. The van der Waals surface area contributed by atoms with E-state index in [0.29, 0.717) is 12.2 Å². The van der Waals surface area contributed by atoms with Crippen molar-refractivity contribution in [2.24, 2.45) is 0 Å². The molecule has 1 heterocycles. The Labute approximate surface area is 167 Å². The number of methoxy groups -OCH3 is 1. The van der Waals surface area contributed by atoms with Gasteiger partial charge >= 0.3 is 6.03 Å². The number of piperidine rings is 1. The Morgan fingerprint density at radius 1 is 1.32 bits per heavy atom. The first-order valence-corrected chi connectivity index (χ1v) is 9.25. The summed E-state index contributed by atoms with van der Waals surface area (Å²) in [4.78, 5) is 24.8. The van der Waals surface area contributed by atoms with Crippen LogP contribution in [-0.2, 0) is 0 Å². The zero-order valence-corrected chi connectivity index (χ0v) is 16.1. The van der Waals surface area contributed by atoms with E-state index in [1.54, 1.807) is 7.11 Å². The SMILES string of the molecule is COc1ccccc1N1CCCC(NC(=O)Nc2ccc([N+](=O)[O-])cc2Cl)C1. The van der Waals surface area contributed by atoms with Gasteiger partial charge < -0.3 is 20.3 Å². The van der Waals surface area contributed by atoms with Crippen LogP contribution in [0.4, 0.5) is 21.9 Å². The van der Waals surface area contributed by atoms with Crippen molar-refractivity contribution in [2.75, 3.05) is 30.4 Å². The maximum Gasteiger partial charge on any atom is 0.319 e. The minimum Gasteiger partial charge on any atom is -0.495 e. The third-order valence-electron chi connectivity index (χ3n) is 4.59. The van der Waals surface area contributed by atoms with E-state index in [9.17, 15) is 14.9 Å². The molecule has 1 saturated heterocycles. The number of nitrogens with one attached hydrogen (secondary N) is 2. The molecule has 2 amide bonds. The quantitative estimate of drug-likeness (QED) is 0.578. The number of carbonyl (C=O) groups excluding carboxylic acids is 1. The smallest absolute Gasteiger partial charge is 0.319 e. The minimum absolute atomic E-state index is 0.0458. The number of hydrogen-bond donors (Lipinski definition) is 2. The molecule has 1 fully saturated rings. The summed E-state index contributed by atoms with van der Waals surface area (Å²) in [6.45, 7) is 1.54. The highest BCUT2D eigenvalue weighted by atomic mass is 35.5. The van der Waals surface area contributed by atoms with E-state index in [0.717, 1.165) is 30.8 Å². The predicted molar refractivity (Wildman–Crippen MR) is 108 cm³/mol. The van der Waals surface area contributed by atoms with Crippen LogP contribution in [0.2, 0.25) is 5.02 Å². The number of benzene rings is 2. The zero-order valence-electron chi connectivity index (χ0n) is 15.4. The van der Waals surface area contributed by atoms with Gasteiger partial charge in [-0.2, -0.15) is 0 Å². The van der Waals surface area contributed by atoms with Crippen LogP contribution in [0, 0.1) is 10.1 Å². The summed E-state index contributed by atoms with van der Waals surface area (Å²) in [5.41, 5.74) is 1.19. The highest BCUT2D eigenvalue weighted by Crippen LogP contribution is 2.30. The highest BCUT2D eigenvalue weighted by Gasteiger charge is 2.23. The van der Waals surface area contributed by atoms with Crippen molar-refractivity contribution in [3.8, 4) is 5.75 Å². The number of urea groups is 1. The molecule has 2 N–H and O–H groups in total. The van der Waals surface area contributed by atoms with Gasteiger partial charge in [0.05, 0.1) is 28.4 Å². The van der Waals surface area contributed by atoms with Crippen LogP contribution < -0.4 is 20.3 Å². The summed E-state index contributed by atoms with van der Waals surface area (Å²) in [5.74, 6) is 0.797. The van der Waals surface area contributed by atoms with Crippen molar-refractivity contribution in [2.45, 2.75) is 18.9 Å². The molecule has 0 aliphatic carbocycles. The maximum atomic E-state index is 12.4. The number of hydrogen-bond acceptors (Lipinski definition) is 5. The van der Waals surface area contributed by atoms with Gasteiger partial charge in [0, 0.05) is 31.3 Å². The number of non-ortho nitro benzene ring substituents is 1. The molecule has 9 heteroatoms. The monoisotopic (exact) mass is 404 g/mol. The van der Waals surface area contributed by atoms with Gasteiger partial charge in [-0.15, -0.1) is 0 Å². The van der Waals surface area contributed by atoms with Crippen LogP contribution in [0.15, 0.2) is 42.5 Å². The number of nitrogens with zero attached hydrogens (tertiary/aromatic N) is 2. The molecule has 148 valence electrons. The summed E-state index contributed by atoms with van der Waals surface area (Å²) in [6.07, 6.45) is 1.79. The summed E-state index contributed by atoms with van der Waals surface area (Å²) >= 11 is 6.03. The fourth-order valence-corrected chi connectivity index (χ4v) is 3.49. The molecule has 0 aromatic heterocycles. The number of ether oxygens (including phenoxy) is 1. The van der Waals surface area contributed by atoms with Crippen molar-refractivity contribution < 1.29 is 14.5 Å². The Bertz CT molecular complexity index is 877. The third kappa shape index (κ3) is 4.64. The number of halogens is 1. The molecule has 8 nitrogen and oxygen atoms in total. The predicted octanol–water partition coefficient (Wildman–Crippen LogP) is 4.05. The van der Waals surface area contributed by atoms with Gasteiger partial charge in [0.2, 0.25) is 0 Å². The van der Waals surface area contributed by atoms with Crippen molar-refractivity contribution in [3.05, 3.63) is 57.6 Å². The fourth-order valence-electron chi connectivity index (χ4n) is 3.27. The second-order valence-corrected chi connectivity index (χ2v) is 6.88. The normalized spacial score (nSPS) is 16.4. The molecule has 28 heavy (non-hydrogen) atoms. The Hall–Kier alpha value is -3.00. The fraction of sp³-hybridized carbons (Fsp3) is 0.316. The molecule has 0 saturated carbocycles. The molecule has 1 aliphatic rings. The van der Waals surface area contributed by atoms with E-state index >= 15 is 0 Å². The van der Waals surface area contributed by atoms with Crippen LogP contribution in [-0.4, -0.2) is 37.2 Å². The second-order valence-electron chi connectivity index (χ2n) is 6.48. The van der Waals surface area contributed by atoms with Crippen LogP contribution in [0.5, 0.6) is 5.75 Å². The van der Waals surface area contributed by atoms with Gasteiger partial charge in [0.25, 0.3) is 5.69 Å². The van der Waals surface area contributed by atoms with Crippen LogP contribution >= 0.6 is 11.6 Å². The molecule has 1 unspecified atom stereocenters. The lowest BCUT2D eigenvalue weighted by atomic mass is 10.0. The van der Waals surface area contributed by atoms with E-state index in [-0.39, 0.29) is 16.8 Å². The average Bonchev–Trinajstić information content (AvgIpc) is 2.69. The summed E-state index contributed by atoms with van der Waals surface area (Å²) in [5, 5.41) is 16.5. The molecule has 1 aliphatic heterocycles. The van der Waals surface area contributed by atoms with Crippen LogP contribution in [0.25, 0.3) is 0 Å². The summed E-state index contributed by atoms with van der Waals surface area (Å²) in [7, 11) is 1.64. The Balaban J connectivity index is 1.62. The first-order valence-electron chi connectivity index (χ1n) is 8.87. The number of anilines is 2. The van der Waals surface area contributed by atoms with Gasteiger partial charge in [0.15, 0.2) is 0 Å². The molecule has 0 radical (unpaired) electrons. The number of nitro benzene ring substituents is 1. The number of nitro groups is 1. The van der Waals surface area contributed by atoms with E-state index in [1.807, 2.05) is 24.3 Å². The van der Waals surface area contributed by atoms with Gasteiger partial charge in [-0.05, 0) is 31.0 Å². The van der Waals surface area contributed by atoms with Crippen molar-refractivity contribution in [1.82, 2.24) is 5.32 Å². The topological polar surface area (TPSA) is 96.7 Å². The standard InChI is InChI=1S/C19H21ClN4O4/c1-28-18-7-3-2-6-17(18)23-10-4-5-13(12-23)21-19(25)22-16-9-8-14(24(26)27)11-15(16)20/h2-3,6-9,11,13H,4-5,10,12H2,1H3,(H2,21,22,25). The number of para-hydroxylation sites is 2. The van der Waals surface area contributed by atoms with Gasteiger partial charge in [0.1, 0.15) is 5.75 Å². The molecule has 0 bridgehead atoms. The molecule has 3 rings (SSSR count). The molecule has 2 aromatic carbocycles. The van der Waals surface area contributed by atoms with E-state index < -0.39 is 11.0 Å². The summed E-state index contributed by atoms with van der Waals surface area (Å²) < 4.78 is 5.43. The maximum absolute atomic E-state index is 12.4. The lowest BCUT2D eigenvalue weighted by molar-refractivity contribution is -0.384. The Morgan fingerprint density at radius 3 is 2.82 bits per heavy atom. The average molecular weight is 405 g/mol. The lowest BCUT2D eigenvalue weighted by Gasteiger charge is -2.35. The minimum atomic E-state index is -0.537. The third-order valence-corrected chi connectivity index (χ3v) is 4.91. The molecule has 0 spiro atoms. The van der Waals surface area contributed by atoms with Crippen LogP contribution in [0.3, 0.4) is 0 Å². The van der Waals surface area contributed by atoms with E-state index in [4.69, 9.17) is 16.3 Å². The van der Waals surface area contributed by atoms with Crippen LogP contribution in [0.1, 0.15) is 12.8 Å². The molecular weight excluding hydrogens is 384 g/mol. The van der Waals surface area contributed by atoms with Crippen molar-refractivity contribution in [3.63, 3.8) is 0 Å². The Kier molecular flexibility index (Phi) is 6.20. The van der Waals surface area contributed by atoms with E-state index in [1.165, 1.54) is 18.2 Å². The first-order chi connectivity index (χ1) is 13.5. The largest absolute Gasteiger partial charge is 0.495 e. The van der Waals surface area contributed by atoms with Gasteiger partial charge in [-0.3, -0.25) is 10.1 Å². The lowest BCUT2D eigenvalue weighted by Crippen LogP contribution is -2.49. The molecule has 1 atom stereocenters. The number of amides is 2. The van der Waals surface area contributed by atoms with Gasteiger partial charge in [-0.1, -0.05) is 23.7 Å². The van der Waals surface area contributed by atoms with E-state index in [2.05, 4.69) is 15.5 Å².